The van der Waals surface area contributed by atoms with Gasteiger partial charge in [0.2, 0.25) is 0 Å². The Hall–Kier alpha value is -2.09. The van der Waals surface area contributed by atoms with Gasteiger partial charge in [-0.2, -0.15) is 5.10 Å². The van der Waals surface area contributed by atoms with E-state index >= 15 is 0 Å². The van der Waals surface area contributed by atoms with E-state index in [1.54, 1.807) is 0 Å². The minimum absolute atomic E-state index is 0.283. The number of halogens is 2. The van der Waals surface area contributed by atoms with Crippen LogP contribution < -0.4 is 10.6 Å². The Morgan fingerprint density at radius 1 is 1.33 bits per heavy atom. The molecule has 2 fully saturated rings. The van der Waals surface area contributed by atoms with Gasteiger partial charge in [-0.1, -0.05) is 0 Å². The van der Waals surface area contributed by atoms with E-state index in [2.05, 4.69) is 25.7 Å². The largest absolute Gasteiger partial charge is 0.365 e. The summed E-state index contributed by atoms with van der Waals surface area (Å²) in [4.78, 5) is 8.51. The molecule has 4 rings (SSSR count). The Kier molecular flexibility index (Phi) is 3.52. The summed E-state index contributed by atoms with van der Waals surface area (Å²) in [6, 6.07) is 4.11. The Balaban J connectivity index is 1.57. The van der Waals surface area contributed by atoms with Gasteiger partial charge in [0.05, 0.1) is 5.69 Å². The van der Waals surface area contributed by atoms with Gasteiger partial charge >= 0.3 is 0 Å². The third kappa shape index (κ3) is 2.54. The summed E-state index contributed by atoms with van der Waals surface area (Å²) in [6.45, 7) is 3.86. The minimum atomic E-state index is -2.64. The van der Waals surface area contributed by atoms with Gasteiger partial charge in [-0.05, 0) is 31.9 Å². The van der Waals surface area contributed by atoms with E-state index in [0.717, 1.165) is 29.3 Å². The first-order chi connectivity index (χ1) is 11.5. The number of aryl methyl sites for hydroxylation is 2. The van der Waals surface area contributed by atoms with Crippen LogP contribution in [0, 0.1) is 12.3 Å². The molecule has 1 saturated heterocycles. The maximum atomic E-state index is 12.9. The van der Waals surface area contributed by atoms with Crippen LogP contribution >= 0.6 is 0 Å². The molecule has 0 radical (unpaired) electrons. The van der Waals surface area contributed by atoms with Crippen LogP contribution in [0.3, 0.4) is 0 Å². The Labute approximate surface area is 138 Å². The van der Waals surface area contributed by atoms with Gasteiger partial charge in [-0.25, -0.2) is 23.4 Å². The maximum Gasteiger partial charge on any atom is 0.297 e. The van der Waals surface area contributed by atoms with Gasteiger partial charge in [-0.3, -0.25) is 0 Å². The normalized spacial score (nSPS) is 21.6. The molecule has 128 valence electrons. The van der Waals surface area contributed by atoms with Crippen molar-refractivity contribution in [1.82, 2.24) is 25.1 Å². The second kappa shape index (κ2) is 5.47. The van der Waals surface area contributed by atoms with Crippen molar-refractivity contribution < 1.29 is 8.78 Å². The highest BCUT2D eigenvalue weighted by atomic mass is 19.3. The van der Waals surface area contributed by atoms with Crippen molar-refractivity contribution >= 4 is 5.82 Å². The molecule has 1 saturated carbocycles. The lowest BCUT2D eigenvalue weighted by atomic mass is 10.0. The Bertz CT molecular complexity index is 768. The molecule has 2 aliphatic rings. The number of alkyl halides is 2. The molecule has 1 aliphatic heterocycles. The molecule has 0 aromatic carbocycles. The van der Waals surface area contributed by atoms with Gasteiger partial charge in [0.25, 0.3) is 6.43 Å². The molecule has 8 heteroatoms. The Morgan fingerprint density at radius 3 is 2.75 bits per heavy atom. The maximum absolute atomic E-state index is 12.9. The van der Waals surface area contributed by atoms with Crippen molar-refractivity contribution in [2.75, 3.05) is 18.4 Å². The fourth-order valence-electron chi connectivity index (χ4n) is 3.45. The number of aromatic nitrogens is 4. The predicted molar refractivity (Wildman–Crippen MR) is 85.9 cm³/mol. The van der Waals surface area contributed by atoms with E-state index in [1.807, 2.05) is 19.1 Å². The van der Waals surface area contributed by atoms with Crippen LogP contribution in [0.15, 0.2) is 12.1 Å². The molecule has 1 aliphatic carbocycles. The fraction of sp³-hybridized carbons (Fsp3) is 0.562. The molecule has 0 unspecified atom stereocenters. The zero-order valence-electron chi connectivity index (χ0n) is 13.7. The monoisotopic (exact) mass is 334 g/mol. The predicted octanol–water partition coefficient (Wildman–Crippen LogP) is 2.29. The first-order valence-corrected chi connectivity index (χ1v) is 8.13. The summed E-state index contributed by atoms with van der Waals surface area (Å²) in [5.41, 5.74) is 1.79. The zero-order chi connectivity index (χ0) is 16.9. The molecule has 2 N–H and O–H groups in total. The van der Waals surface area contributed by atoms with E-state index in [0.29, 0.717) is 17.0 Å². The zero-order valence-corrected chi connectivity index (χ0v) is 13.7. The number of pyridine rings is 1. The molecule has 0 amide bonds. The average Bonchev–Trinajstić information content (AvgIpc) is 3.05. The van der Waals surface area contributed by atoms with Crippen molar-refractivity contribution in [2.24, 2.45) is 12.5 Å². The highest BCUT2D eigenvalue weighted by Gasteiger charge is 2.52. The van der Waals surface area contributed by atoms with Gasteiger partial charge in [0, 0.05) is 37.2 Å². The molecular formula is C16H20F2N6. The number of hydrogen-bond donors (Lipinski definition) is 2. The van der Waals surface area contributed by atoms with E-state index in [1.165, 1.54) is 19.9 Å². The van der Waals surface area contributed by atoms with Gasteiger partial charge < -0.3 is 10.6 Å². The van der Waals surface area contributed by atoms with Crippen molar-refractivity contribution in [2.45, 2.75) is 32.2 Å². The molecular weight excluding hydrogens is 314 g/mol. The minimum Gasteiger partial charge on any atom is -0.365 e. The molecule has 1 atom stereocenters. The number of hydrogen-bond acceptors (Lipinski definition) is 5. The molecule has 6 nitrogen and oxygen atoms in total. The second-order valence-corrected chi connectivity index (χ2v) is 6.74. The molecule has 2 aromatic rings. The van der Waals surface area contributed by atoms with Crippen LogP contribution in [0.4, 0.5) is 14.6 Å². The van der Waals surface area contributed by atoms with E-state index in [-0.39, 0.29) is 11.6 Å². The van der Waals surface area contributed by atoms with E-state index in [4.69, 9.17) is 0 Å². The summed E-state index contributed by atoms with van der Waals surface area (Å²) in [7, 11) is 1.47. The summed E-state index contributed by atoms with van der Waals surface area (Å²) in [5.74, 6) is 0.756. The van der Waals surface area contributed by atoms with Crippen molar-refractivity contribution in [1.29, 1.82) is 0 Å². The van der Waals surface area contributed by atoms with Crippen LogP contribution in [0.1, 0.15) is 30.8 Å². The average molecular weight is 334 g/mol. The van der Waals surface area contributed by atoms with Crippen molar-refractivity contribution in [3.63, 3.8) is 0 Å². The first kappa shape index (κ1) is 15.4. The topological polar surface area (TPSA) is 67.7 Å². The standard InChI is InChI=1S/C16H20F2N6/c1-9-10(14-22-15(13(17)18)24(2)23-14)3-4-12(20-9)21-11-7-19-8-16(11)5-6-16/h3-4,11,13,19H,5-8H2,1-2H3,(H,20,21)/t11-/m1/s1. The summed E-state index contributed by atoms with van der Waals surface area (Å²) in [6.07, 6.45) is -0.138. The van der Waals surface area contributed by atoms with Crippen LogP contribution in [0.5, 0.6) is 0 Å². The third-order valence-corrected chi connectivity index (χ3v) is 5.10. The van der Waals surface area contributed by atoms with Crippen LogP contribution in [0.25, 0.3) is 11.4 Å². The molecule has 24 heavy (non-hydrogen) atoms. The number of nitrogens with one attached hydrogen (secondary N) is 2. The lowest BCUT2D eigenvalue weighted by Crippen LogP contribution is -2.29. The third-order valence-electron chi connectivity index (χ3n) is 5.10. The van der Waals surface area contributed by atoms with Gasteiger partial charge in [0.1, 0.15) is 5.82 Å². The van der Waals surface area contributed by atoms with Crippen molar-refractivity contribution in [3.05, 3.63) is 23.7 Å². The lowest BCUT2D eigenvalue weighted by Gasteiger charge is -2.20. The lowest BCUT2D eigenvalue weighted by molar-refractivity contribution is 0.135. The quantitative estimate of drug-likeness (QED) is 0.898. The Morgan fingerprint density at radius 2 is 2.12 bits per heavy atom. The highest BCUT2D eigenvalue weighted by Crippen LogP contribution is 2.51. The van der Waals surface area contributed by atoms with E-state index in [9.17, 15) is 8.78 Å². The number of rotatable bonds is 4. The van der Waals surface area contributed by atoms with Gasteiger partial charge in [-0.15, -0.1) is 0 Å². The van der Waals surface area contributed by atoms with Gasteiger partial charge in [0.15, 0.2) is 11.6 Å². The first-order valence-electron chi connectivity index (χ1n) is 8.13. The van der Waals surface area contributed by atoms with Crippen LogP contribution in [-0.2, 0) is 7.05 Å². The van der Waals surface area contributed by atoms with Crippen LogP contribution in [0.2, 0.25) is 0 Å². The molecule has 3 heterocycles. The summed E-state index contributed by atoms with van der Waals surface area (Å²) in [5, 5.41) is 11.0. The molecule has 2 aromatic heterocycles. The SMILES string of the molecule is Cc1nc(N[C@@H]2CNCC23CC3)ccc1-c1nc(C(F)F)n(C)n1. The highest BCUT2D eigenvalue weighted by molar-refractivity contribution is 5.60. The molecule has 1 spiro atoms. The van der Waals surface area contributed by atoms with Crippen molar-refractivity contribution in [3.8, 4) is 11.4 Å². The number of nitrogens with zero attached hydrogens (tertiary/aromatic N) is 4. The summed E-state index contributed by atoms with van der Waals surface area (Å²) < 4.78 is 26.9. The summed E-state index contributed by atoms with van der Waals surface area (Å²) >= 11 is 0. The fourth-order valence-corrected chi connectivity index (χ4v) is 3.45. The smallest absolute Gasteiger partial charge is 0.297 e. The second-order valence-electron chi connectivity index (χ2n) is 6.74. The van der Waals surface area contributed by atoms with E-state index < -0.39 is 6.43 Å². The molecule has 0 bridgehead atoms. The van der Waals surface area contributed by atoms with Crippen LogP contribution in [-0.4, -0.2) is 38.9 Å². The number of anilines is 1.